The second-order valence-electron chi connectivity index (χ2n) is 16.4. The molecule has 0 bridgehead atoms. The van der Waals surface area contributed by atoms with Crippen LogP contribution in [0.2, 0.25) is 0 Å². The van der Waals surface area contributed by atoms with Gasteiger partial charge in [0.15, 0.2) is 33.9 Å². The van der Waals surface area contributed by atoms with E-state index in [1.807, 2.05) is 21.5 Å². The average Bonchev–Trinajstić information content (AvgIpc) is 3.70. The molecular weight excluding hydrogens is 761 g/mol. The van der Waals surface area contributed by atoms with Gasteiger partial charge in [-0.2, -0.15) is 0 Å². The van der Waals surface area contributed by atoms with Crippen molar-refractivity contribution in [3.8, 4) is 45.5 Å². The molecule has 6 heterocycles. The third kappa shape index (κ3) is 7.15. The lowest BCUT2D eigenvalue weighted by Crippen LogP contribution is -2.50. The van der Waals surface area contributed by atoms with Crippen molar-refractivity contribution in [3.05, 3.63) is 91.5 Å². The first kappa shape index (κ1) is 41.2. The van der Waals surface area contributed by atoms with E-state index in [1.165, 1.54) is 25.4 Å². The minimum Gasteiger partial charge on any atom is -0.504 e. The summed E-state index contributed by atoms with van der Waals surface area (Å²) >= 11 is 0. The zero-order valence-corrected chi connectivity index (χ0v) is 34.8. The highest BCUT2D eigenvalue weighted by atomic mass is 16.5. The number of methoxy groups -OCH3 is 3. The van der Waals surface area contributed by atoms with Crippen molar-refractivity contribution in [2.45, 2.75) is 89.9 Å². The van der Waals surface area contributed by atoms with E-state index < -0.39 is 22.8 Å². The second kappa shape index (κ2) is 15.7. The minimum absolute atomic E-state index is 0.0150. The van der Waals surface area contributed by atoms with E-state index in [-0.39, 0.29) is 46.6 Å². The predicted octanol–water partition coefficient (Wildman–Crippen LogP) is 6.17. The maximum Gasteiger partial charge on any atom is 0.343 e. The first-order valence-electron chi connectivity index (χ1n) is 19.8. The summed E-state index contributed by atoms with van der Waals surface area (Å²) in [7, 11) is 4.73. The van der Waals surface area contributed by atoms with Gasteiger partial charge in [-0.1, -0.05) is 0 Å². The van der Waals surface area contributed by atoms with Crippen LogP contribution in [-0.4, -0.2) is 83.7 Å². The number of rotatable bonds is 10. The number of hydrogen-bond acceptors (Lipinski definition) is 12. The number of pyridine rings is 2. The number of carboxylic acids is 1. The van der Waals surface area contributed by atoms with Gasteiger partial charge >= 0.3 is 11.9 Å². The summed E-state index contributed by atoms with van der Waals surface area (Å²) in [5.41, 5.74) is 3.47. The molecule has 2 atom stereocenters. The molecule has 0 radical (unpaired) electrons. The maximum atomic E-state index is 12.7. The van der Waals surface area contributed by atoms with Crippen LogP contribution in [0.3, 0.4) is 0 Å². The summed E-state index contributed by atoms with van der Waals surface area (Å²) in [5, 5.41) is 24.2. The van der Waals surface area contributed by atoms with Gasteiger partial charge in [-0.25, -0.2) is 9.59 Å². The van der Waals surface area contributed by atoms with Gasteiger partial charge in [0, 0.05) is 55.8 Å². The molecule has 0 amide bonds. The van der Waals surface area contributed by atoms with Gasteiger partial charge in [-0.3, -0.25) is 29.0 Å². The molecule has 2 aromatic heterocycles. The Bertz CT molecular complexity index is 2430. The largest absolute Gasteiger partial charge is 0.504 e. The molecule has 4 aliphatic rings. The lowest BCUT2D eigenvalue weighted by molar-refractivity contribution is 0.0523. The predicted molar refractivity (Wildman–Crippen MR) is 220 cm³/mol. The number of aromatic carboxylic acids is 1. The highest BCUT2D eigenvalue weighted by Crippen LogP contribution is 2.52. The number of hydrogen-bond donors (Lipinski definition) is 2. The zero-order chi connectivity index (χ0) is 42.6. The van der Waals surface area contributed by atoms with Crippen molar-refractivity contribution in [2.24, 2.45) is 0 Å². The number of aromatic hydroxyl groups is 1. The Morgan fingerprint density at radius 3 is 1.78 bits per heavy atom. The SMILES string of the molecule is CCOC(=O)c1cn2c(cc1=O)-c1cc(OC)c(O)cc1[C@H]1CCC(C)(C)N12.COCCCOc1cc2c(cc1OC)-c1cc(=O)c(C(=O)O)cn1N1[C@@H]2CCC1(C)C. The number of carbonyl (C=O) groups excluding carboxylic acids is 1. The fourth-order valence-corrected chi connectivity index (χ4v) is 9.06. The van der Waals surface area contributed by atoms with E-state index >= 15 is 0 Å². The van der Waals surface area contributed by atoms with Crippen LogP contribution in [0.25, 0.3) is 22.5 Å². The molecule has 2 saturated heterocycles. The van der Waals surface area contributed by atoms with E-state index in [1.54, 1.807) is 39.5 Å². The number of phenolic OH excluding ortho intramolecular Hbond substituents is 1. The molecule has 2 aromatic carbocycles. The van der Waals surface area contributed by atoms with Crippen molar-refractivity contribution < 1.29 is 43.5 Å². The third-order valence-electron chi connectivity index (χ3n) is 11.9. The van der Waals surface area contributed by atoms with Gasteiger partial charge in [0.1, 0.15) is 11.1 Å². The van der Waals surface area contributed by atoms with Crippen LogP contribution >= 0.6 is 0 Å². The summed E-state index contributed by atoms with van der Waals surface area (Å²) in [6.45, 7) is 11.6. The van der Waals surface area contributed by atoms with Crippen LogP contribution < -0.4 is 35.1 Å². The molecule has 8 rings (SSSR count). The molecule has 2 fully saturated rings. The number of esters is 1. The normalized spacial score (nSPS) is 18.5. The third-order valence-corrected chi connectivity index (χ3v) is 11.9. The molecule has 0 saturated carbocycles. The van der Waals surface area contributed by atoms with Crippen LogP contribution in [-0.2, 0) is 9.47 Å². The van der Waals surface area contributed by atoms with Crippen LogP contribution in [0, 0.1) is 0 Å². The number of fused-ring (bicyclic) bond motifs is 12. The molecule has 314 valence electrons. The minimum atomic E-state index is -1.22. The Kier molecular flexibility index (Phi) is 10.9. The Morgan fingerprint density at radius 1 is 0.729 bits per heavy atom. The number of carboxylic acid groups (broad SMARTS) is 1. The Morgan fingerprint density at radius 2 is 1.25 bits per heavy atom. The number of phenols is 1. The van der Waals surface area contributed by atoms with Crippen molar-refractivity contribution in [1.29, 1.82) is 0 Å². The van der Waals surface area contributed by atoms with Gasteiger partial charge in [0.05, 0.1) is 62.0 Å². The fourth-order valence-electron chi connectivity index (χ4n) is 9.06. The molecule has 0 aliphatic carbocycles. The van der Waals surface area contributed by atoms with E-state index in [4.69, 9.17) is 23.7 Å². The van der Waals surface area contributed by atoms with E-state index in [9.17, 15) is 29.4 Å². The molecule has 2 N–H and O–H groups in total. The van der Waals surface area contributed by atoms with E-state index in [0.29, 0.717) is 41.9 Å². The zero-order valence-electron chi connectivity index (χ0n) is 34.8. The van der Waals surface area contributed by atoms with Gasteiger partial charge in [-0.05, 0) is 95.7 Å². The number of carbonyl (C=O) groups is 2. The van der Waals surface area contributed by atoms with Gasteiger partial charge in [0.2, 0.25) is 0 Å². The lowest BCUT2D eigenvalue weighted by atomic mass is 9.93. The second-order valence-corrected chi connectivity index (χ2v) is 16.4. The fraction of sp³-hybridized carbons (Fsp3) is 0.455. The van der Waals surface area contributed by atoms with Crippen molar-refractivity contribution in [3.63, 3.8) is 0 Å². The quantitative estimate of drug-likeness (QED) is 0.138. The molecule has 15 nitrogen and oxygen atoms in total. The average molecular weight is 813 g/mol. The lowest BCUT2D eigenvalue weighted by Gasteiger charge is -2.44. The van der Waals surface area contributed by atoms with E-state index in [0.717, 1.165) is 54.4 Å². The van der Waals surface area contributed by atoms with Gasteiger partial charge < -0.3 is 33.9 Å². The summed E-state index contributed by atoms with van der Waals surface area (Å²) in [4.78, 5) is 49.1. The first-order valence-corrected chi connectivity index (χ1v) is 19.8. The molecule has 0 unspecified atom stereocenters. The molecule has 15 heteroatoms. The highest BCUT2D eigenvalue weighted by molar-refractivity contribution is 5.90. The standard InChI is InChI=1S/C23H28N2O6.C21H24N2O5/c1-23(2)7-6-17-14-11-21(31-9-5-8-29-3)20(30-4)10-15(14)18-12-19(26)16(22(27)28)13-24(18)25(17)23;1-5-28-20(26)14-11-22-16(10-17(14)24)13-9-19(27-4)18(25)8-12(13)15-6-7-21(2,3)23(15)22/h10-13,17H,5-9H2,1-4H3,(H,27,28);8-11,15,25H,5-7H2,1-4H3/t17-;15-/m11/s1. The summed E-state index contributed by atoms with van der Waals surface area (Å²) in [6.07, 6.45) is 7.46. The van der Waals surface area contributed by atoms with E-state index in [2.05, 4.69) is 37.7 Å². The maximum absolute atomic E-state index is 12.7. The van der Waals surface area contributed by atoms with Crippen LogP contribution in [0.5, 0.6) is 23.0 Å². The number of benzene rings is 2. The summed E-state index contributed by atoms with van der Waals surface area (Å²) < 4.78 is 30.7. The topological polar surface area (TPSA) is 171 Å². The van der Waals surface area contributed by atoms with Gasteiger partial charge in [0.25, 0.3) is 0 Å². The monoisotopic (exact) mass is 812 g/mol. The van der Waals surface area contributed by atoms with Crippen molar-refractivity contribution in [1.82, 2.24) is 9.35 Å². The highest BCUT2D eigenvalue weighted by Gasteiger charge is 2.47. The number of ether oxygens (including phenoxy) is 5. The molecule has 59 heavy (non-hydrogen) atoms. The Hall–Kier alpha value is -5.96. The van der Waals surface area contributed by atoms with Crippen LogP contribution in [0.15, 0.2) is 58.4 Å². The van der Waals surface area contributed by atoms with Crippen LogP contribution in [0.1, 0.15) is 111 Å². The molecule has 4 aromatic rings. The Labute approximate surface area is 342 Å². The smallest absolute Gasteiger partial charge is 0.343 e. The number of aromatic nitrogens is 2. The molecule has 4 aliphatic heterocycles. The number of nitrogens with zero attached hydrogens (tertiary/aromatic N) is 4. The van der Waals surface area contributed by atoms with Crippen molar-refractivity contribution >= 4 is 11.9 Å². The Balaban J connectivity index is 0.000000180. The summed E-state index contributed by atoms with van der Waals surface area (Å²) in [6, 6.07) is 10.3. The first-order chi connectivity index (χ1) is 28.1. The van der Waals surface area contributed by atoms with Crippen LogP contribution in [0.4, 0.5) is 0 Å². The summed E-state index contributed by atoms with van der Waals surface area (Å²) in [5.74, 6) is -0.201. The molecule has 0 spiro atoms. The van der Waals surface area contributed by atoms with Crippen molar-refractivity contribution in [2.75, 3.05) is 51.2 Å². The van der Waals surface area contributed by atoms with Gasteiger partial charge in [-0.15, -0.1) is 0 Å². The molecular formula is C44H52N4O11.